The summed E-state index contributed by atoms with van der Waals surface area (Å²) in [4.78, 5) is 0. The van der Waals surface area contributed by atoms with Crippen LogP contribution in [0.25, 0.3) is 0 Å². The molecule has 3 rings (SSSR count). The molecule has 2 aliphatic carbocycles. The number of ether oxygens (including phenoxy) is 1. The second-order valence-electron chi connectivity index (χ2n) is 8.60. The molecule has 0 atom stereocenters. The average Bonchev–Trinajstić information content (AvgIpc) is 2.68. The average molecular weight is 359 g/mol. The fourth-order valence-electron chi connectivity index (χ4n) is 5.34. The van der Waals surface area contributed by atoms with Crippen LogP contribution in [0.4, 0.5) is 0 Å². The van der Waals surface area contributed by atoms with Crippen molar-refractivity contribution in [3.05, 3.63) is 29.8 Å². The molecule has 0 spiro atoms. The summed E-state index contributed by atoms with van der Waals surface area (Å²) in [6.07, 6.45) is 15.6. The summed E-state index contributed by atoms with van der Waals surface area (Å²) < 4.78 is 5.78. The van der Waals surface area contributed by atoms with Crippen molar-refractivity contribution < 1.29 is 4.74 Å². The lowest BCUT2D eigenvalue weighted by Crippen LogP contribution is -2.25. The Morgan fingerprint density at radius 2 is 1.48 bits per heavy atom. The number of hydrogen-bond donors (Lipinski definition) is 0. The van der Waals surface area contributed by atoms with Crippen LogP contribution in [-0.2, 0) is 0 Å². The molecular weight excluding hydrogens is 320 g/mol. The van der Waals surface area contributed by atoms with E-state index in [9.17, 15) is 0 Å². The van der Waals surface area contributed by atoms with E-state index in [1.165, 1.54) is 64.2 Å². The van der Waals surface area contributed by atoms with Crippen LogP contribution in [0.15, 0.2) is 24.3 Å². The first-order valence-electron chi connectivity index (χ1n) is 11.0. The molecule has 1 aromatic rings. The Bertz CT molecular complexity index is 481. The largest absolute Gasteiger partial charge is 0.498 e. The molecule has 0 bridgehead atoms. The molecule has 1 nitrogen and oxygen atoms in total. The SMILES string of the molecule is CCCC1CCC(C2CCC(c3ccc(OC[SiH2]C)cc3)CC2)CC1. The summed E-state index contributed by atoms with van der Waals surface area (Å²) in [6.45, 7) is 4.64. The van der Waals surface area contributed by atoms with Crippen LogP contribution in [0, 0.1) is 17.8 Å². The molecule has 0 aliphatic heterocycles. The van der Waals surface area contributed by atoms with E-state index in [0.29, 0.717) is 0 Å². The van der Waals surface area contributed by atoms with Crippen molar-refractivity contribution >= 4 is 9.52 Å². The lowest BCUT2D eigenvalue weighted by atomic mass is 9.68. The molecule has 2 saturated carbocycles. The maximum atomic E-state index is 5.78. The minimum atomic E-state index is -0.00339. The van der Waals surface area contributed by atoms with Crippen molar-refractivity contribution in [3.8, 4) is 5.75 Å². The fourth-order valence-corrected chi connectivity index (χ4v) is 5.78. The zero-order valence-corrected chi connectivity index (χ0v) is 17.9. The molecule has 2 aliphatic rings. The molecule has 25 heavy (non-hydrogen) atoms. The van der Waals surface area contributed by atoms with Crippen LogP contribution >= 0.6 is 0 Å². The minimum Gasteiger partial charge on any atom is -0.498 e. The third-order valence-electron chi connectivity index (χ3n) is 6.85. The lowest BCUT2D eigenvalue weighted by Gasteiger charge is -2.38. The van der Waals surface area contributed by atoms with E-state index in [1.54, 1.807) is 5.56 Å². The summed E-state index contributed by atoms with van der Waals surface area (Å²) in [5, 5.41) is 0. The van der Waals surface area contributed by atoms with Gasteiger partial charge >= 0.3 is 0 Å². The van der Waals surface area contributed by atoms with E-state index in [-0.39, 0.29) is 9.52 Å². The molecule has 2 fully saturated rings. The molecule has 0 N–H and O–H groups in total. The first-order valence-corrected chi connectivity index (χ1v) is 13.4. The van der Waals surface area contributed by atoms with E-state index in [4.69, 9.17) is 4.74 Å². The smallest absolute Gasteiger partial charge is 0.118 e. The lowest BCUT2D eigenvalue weighted by molar-refractivity contribution is 0.156. The van der Waals surface area contributed by atoms with Crippen LogP contribution in [0.5, 0.6) is 5.75 Å². The summed E-state index contributed by atoms with van der Waals surface area (Å²) in [7, 11) is -0.00339. The molecule has 1 aromatic carbocycles. The molecule has 0 aromatic heterocycles. The highest BCUT2D eigenvalue weighted by Gasteiger charge is 2.31. The normalized spacial score (nSPS) is 30.6. The standard InChI is InChI=1S/C23H38OSi/c1-3-4-18-5-7-19(8-6-18)20-9-11-21(12-10-20)22-13-15-23(16-14-22)24-17-25-2/h13-16,18-21H,3-12,17,25H2,1-2H3. The van der Waals surface area contributed by atoms with E-state index in [2.05, 4.69) is 37.7 Å². The van der Waals surface area contributed by atoms with Gasteiger partial charge in [0.25, 0.3) is 0 Å². The van der Waals surface area contributed by atoms with Gasteiger partial charge in [-0.3, -0.25) is 0 Å². The second kappa shape index (κ2) is 9.80. The van der Waals surface area contributed by atoms with E-state index in [0.717, 1.165) is 35.7 Å². The molecule has 140 valence electrons. The van der Waals surface area contributed by atoms with Gasteiger partial charge in [-0.1, -0.05) is 51.3 Å². The Kier molecular flexibility index (Phi) is 7.45. The van der Waals surface area contributed by atoms with Crippen molar-refractivity contribution in [2.24, 2.45) is 17.8 Å². The molecular formula is C23H38OSi. The zero-order valence-electron chi connectivity index (χ0n) is 16.5. The third kappa shape index (κ3) is 5.36. The second-order valence-corrected chi connectivity index (χ2v) is 10.0. The number of benzene rings is 1. The van der Waals surface area contributed by atoms with Gasteiger partial charge in [0.1, 0.15) is 5.75 Å². The molecule has 2 heteroatoms. The van der Waals surface area contributed by atoms with Crippen LogP contribution in [0.1, 0.15) is 82.6 Å². The van der Waals surface area contributed by atoms with Crippen molar-refractivity contribution in [2.45, 2.75) is 83.6 Å². The summed E-state index contributed by atoms with van der Waals surface area (Å²) in [6, 6.07) is 9.04. The summed E-state index contributed by atoms with van der Waals surface area (Å²) in [5.41, 5.74) is 1.55. The van der Waals surface area contributed by atoms with E-state index >= 15 is 0 Å². The Morgan fingerprint density at radius 3 is 2.04 bits per heavy atom. The Labute approximate surface area is 157 Å². The van der Waals surface area contributed by atoms with Gasteiger partial charge in [0, 0.05) is 0 Å². The van der Waals surface area contributed by atoms with Crippen molar-refractivity contribution in [1.29, 1.82) is 0 Å². The van der Waals surface area contributed by atoms with E-state index in [1.807, 2.05) is 0 Å². The van der Waals surface area contributed by atoms with Crippen LogP contribution in [0.2, 0.25) is 6.55 Å². The van der Waals surface area contributed by atoms with Gasteiger partial charge in [-0.2, -0.15) is 0 Å². The predicted molar refractivity (Wildman–Crippen MR) is 111 cm³/mol. The quantitative estimate of drug-likeness (QED) is 0.533. The topological polar surface area (TPSA) is 9.23 Å². The highest BCUT2D eigenvalue weighted by Crippen LogP contribution is 2.44. The summed E-state index contributed by atoms with van der Waals surface area (Å²) >= 11 is 0. The molecule has 0 radical (unpaired) electrons. The molecule has 0 saturated heterocycles. The Morgan fingerprint density at radius 1 is 0.880 bits per heavy atom. The fraction of sp³-hybridized carbons (Fsp3) is 0.739. The molecule has 0 amide bonds. The monoisotopic (exact) mass is 358 g/mol. The van der Waals surface area contributed by atoms with Crippen LogP contribution < -0.4 is 4.74 Å². The third-order valence-corrected chi connectivity index (χ3v) is 7.46. The number of hydrogen-bond acceptors (Lipinski definition) is 1. The van der Waals surface area contributed by atoms with Gasteiger partial charge < -0.3 is 4.74 Å². The van der Waals surface area contributed by atoms with Gasteiger partial charge in [0.15, 0.2) is 0 Å². The van der Waals surface area contributed by atoms with Gasteiger partial charge in [-0.25, -0.2) is 0 Å². The first kappa shape index (κ1) is 19.0. The molecule has 0 heterocycles. The van der Waals surface area contributed by atoms with Crippen molar-refractivity contribution in [2.75, 3.05) is 6.23 Å². The Hall–Kier alpha value is -0.763. The maximum Gasteiger partial charge on any atom is 0.118 e. The summed E-state index contributed by atoms with van der Waals surface area (Å²) in [5.74, 6) is 4.98. The van der Waals surface area contributed by atoms with Crippen molar-refractivity contribution in [3.63, 3.8) is 0 Å². The minimum absolute atomic E-state index is 0.00339. The predicted octanol–water partition coefficient (Wildman–Crippen LogP) is 6.12. The van der Waals surface area contributed by atoms with Gasteiger partial charge in [-0.05, 0) is 79.9 Å². The first-order chi connectivity index (χ1) is 12.3. The van der Waals surface area contributed by atoms with Crippen molar-refractivity contribution in [1.82, 2.24) is 0 Å². The number of rotatable bonds is 7. The van der Waals surface area contributed by atoms with Crippen LogP contribution in [0.3, 0.4) is 0 Å². The zero-order chi connectivity index (χ0) is 17.5. The highest BCUT2D eigenvalue weighted by molar-refractivity contribution is 6.33. The molecule has 0 unspecified atom stereocenters. The Balaban J connectivity index is 1.44. The van der Waals surface area contributed by atoms with Gasteiger partial charge in [0.05, 0.1) is 15.7 Å². The van der Waals surface area contributed by atoms with Crippen LogP contribution in [-0.4, -0.2) is 15.7 Å². The highest BCUT2D eigenvalue weighted by atomic mass is 28.2. The maximum absolute atomic E-state index is 5.78. The van der Waals surface area contributed by atoms with Gasteiger partial charge in [0.2, 0.25) is 0 Å². The van der Waals surface area contributed by atoms with Gasteiger partial charge in [-0.15, -0.1) is 0 Å². The van der Waals surface area contributed by atoms with E-state index < -0.39 is 0 Å².